The lowest BCUT2D eigenvalue weighted by Crippen LogP contribution is -2.12. The van der Waals surface area contributed by atoms with E-state index in [4.69, 9.17) is 9.47 Å². The fourth-order valence-corrected chi connectivity index (χ4v) is 2.67. The zero-order valence-corrected chi connectivity index (χ0v) is 13.1. The van der Waals surface area contributed by atoms with E-state index in [0.717, 1.165) is 21.9 Å². The highest BCUT2D eigenvalue weighted by Gasteiger charge is 2.12. The molecule has 1 heterocycles. The number of hydrogen-bond acceptors (Lipinski definition) is 5. The van der Waals surface area contributed by atoms with Crippen molar-refractivity contribution in [1.82, 2.24) is 4.98 Å². The van der Waals surface area contributed by atoms with Gasteiger partial charge < -0.3 is 9.47 Å². The second kappa shape index (κ2) is 7.08. The summed E-state index contributed by atoms with van der Waals surface area (Å²) in [6.07, 6.45) is -0.482. The molecular weight excluding hydrogens is 288 g/mol. The van der Waals surface area contributed by atoms with E-state index >= 15 is 0 Å². The third-order valence-corrected chi connectivity index (χ3v) is 3.61. The van der Waals surface area contributed by atoms with Crippen LogP contribution in [0.2, 0.25) is 0 Å². The Balaban J connectivity index is 2.16. The van der Waals surface area contributed by atoms with Gasteiger partial charge in [-0.2, -0.15) is 0 Å². The highest BCUT2D eigenvalue weighted by atomic mass is 32.1. The molecule has 2 rings (SSSR count). The first-order chi connectivity index (χ1) is 10.1. The molecule has 1 aromatic heterocycles. The van der Waals surface area contributed by atoms with Gasteiger partial charge in [-0.1, -0.05) is 0 Å². The number of rotatable bonds is 5. The lowest BCUT2D eigenvalue weighted by molar-refractivity contribution is 0.168. The van der Waals surface area contributed by atoms with Crippen molar-refractivity contribution in [2.45, 2.75) is 20.8 Å². The molecule has 0 fully saturated rings. The number of nitrogens with one attached hydrogen (secondary N) is 1. The number of benzene rings is 1. The van der Waals surface area contributed by atoms with E-state index in [1.807, 2.05) is 38.1 Å². The first-order valence-electron chi connectivity index (χ1n) is 6.78. The Morgan fingerprint density at radius 1 is 1.24 bits per heavy atom. The molecule has 2 aromatic rings. The lowest BCUT2D eigenvalue weighted by atomic mass is 10.1. The Morgan fingerprint density at radius 2 is 1.95 bits per heavy atom. The smallest absolute Gasteiger partial charge is 0.413 e. The fourth-order valence-electron chi connectivity index (χ4n) is 1.85. The predicted molar refractivity (Wildman–Crippen MR) is 84.1 cm³/mol. The number of aryl methyl sites for hydroxylation is 1. The van der Waals surface area contributed by atoms with E-state index in [1.165, 1.54) is 11.3 Å². The van der Waals surface area contributed by atoms with Crippen molar-refractivity contribution in [3.63, 3.8) is 0 Å². The van der Waals surface area contributed by atoms with Crippen molar-refractivity contribution >= 4 is 22.6 Å². The zero-order chi connectivity index (χ0) is 15.2. The maximum Gasteiger partial charge on any atom is 0.413 e. The van der Waals surface area contributed by atoms with Gasteiger partial charge in [0.1, 0.15) is 5.75 Å². The van der Waals surface area contributed by atoms with E-state index in [9.17, 15) is 4.79 Å². The molecule has 0 saturated carbocycles. The van der Waals surface area contributed by atoms with Gasteiger partial charge >= 0.3 is 6.09 Å². The van der Waals surface area contributed by atoms with Crippen molar-refractivity contribution < 1.29 is 14.3 Å². The summed E-state index contributed by atoms with van der Waals surface area (Å²) in [4.78, 5) is 16.9. The van der Waals surface area contributed by atoms with Crippen molar-refractivity contribution in [1.29, 1.82) is 0 Å². The molecule has 1 amide bonds. The number of aromatic nitrogens is 1. The Morgan fingerprint density at radius 3 is 2.57 bits per heavy atom. The Kier molecular flexibility index (Phi) is 5.16. The summed E-state index contributed by atoms with van der Waals surface area (Å²) in [7, 11) is 0. The number of anilines is 1. The minimum absolute atomic E-state index is 0.335. The Labute approximate surface area is 127 Å². The molecular formula is C15H18N2O3S. The quantitative estimate of drug-likeness (QED) is 0.904. The SMILES string of the molecule is CCOC(=O)Nc1nc(-c2ccc(OCC)cc2)c(C)s1. The molecule has 0 atom stereocenters. The first-order valence-corrected chi connectivity index (χ1v) is 7.60. The molecule has 0 aliphatic heterocycles. The van der Waals surface area contributed by atoms with Crippen LogP contribution in [0.15, 0.2) is 24.3 Å². The number of carbonyl (C=O) groups excluding carboxylic acids is 1. The molecule has 0 radical (unpaired) electrons. The van der Waals surface area contributed by atoms with Crippen LogP contribution in [-0.4, -0.2) is 24.3 Å². The van der Waals surface area contributed by atoms with Crippen LogP contribution >= 0.6 is 11.3 Å². The summed E-state index contributed by atoms with van der Waals surface area (Å²) in [5.74, 6) is 0.832. The van der Waals surface area contributed by atoms with E-state index < -0.39 is 6.09 Å². The van der Waals surface area contributed by atoms with E-state index in [0.29, 0.717) is 18.3 Å². The summed E-state index contributed by atoms with van der Waals surface area (Å²) >= 11 is 1.42. The summed E-state index contributed by atoms with van der Waals surface area (Å²) in [5, 5.41) is 3.16. The molecule has 21 heavy (non-hydrogen) atoms. The number of ether oxygens (including phenoxy) is 2. The number of amides is 1. The maximum atomic E-state index is 11.4. The number of carbonyl (C=O) groups is 1. The first kappa shape index (κ1) is 15.3. The van der Waals surface area contributed by atoms with E-state index in [2.05, 4.69) is 10.3 Å². The van der Waals surface area contributed by atoms with Gasteiger partial charge in [-0.3, -0.25) is 5.32 Å². The fraction of sp³-hybridized carbons (Fsp3) is 0.333. The van der Waals surface area contributed by atoms with Gasteiger partial charge in [0.2, 0.25) is 0 Å². The lowest BCUT2D eigenvalue weighted by Gasteiger charge is -2.04. The highest BCUT2D eigenvalue weighted by Crippen LogP contribution is 2.31. The monoisotopic (exact) mass is 306 g/mol. The largest absolute Gasteiger partial charge is 0.494 e. The molecule has 6 heteroatoms. The van der Waals surface area contributed by atoms with Crippen molar-refractivity contribution in [3.05, 3.63) is 29.1 Å². The standard InChI is InChI=1S/C15H18N2O3S/c1-4-19-12-8-6-11(7-9-12)13-10(3)21-14(16-13)17-15(18)20-5-2/h6-9H,4-5H2,1-3H3,(H,16,17,18). The van der Waals surface area contributed by atoms with Crippen LogP contribution in [0.4, 0.5) is 9.93 Å². The second-order valence-corrected chi connectivity index (χ2v) is 5.43. The van der Waals surface area contributed by atoms with E-state index in [-0.39, 0.29) is 0 Å². The minimum atomic E-state index is -0.482. The van der Waals surface area contributed by atoms with Crippen LogP contribution in [-0.2, 0) is 4.74 Å². The number of thiazole rings is 1. The van der Waals surface area contributed by atoms with Crippen LogP contribution < -0.4 is 10.1 Å². The van der Waals surface area contributed by atoms with E-state index in [1.54, 1.807) is 6.92 Å². The normalized spacial score (nSPS) is 10.2. The number of hydrogen-bond donors (Lipinski definition) is 1. The van der Waals surface area contributed by atoms with Gasteiger partial charge in [-0.15, -0.1) is 11.3 Å². The van der Waals surface area contributed by atoms with Gasteiger partial charge in [-0.05, 0) is 45.0 Å². The van der Waals surface area contributed by atoms with Crippen LogP contribution in [0.3, 0.4) is 0 Å². The van der Waals surface area contributed by atoms with Crippen molar-refractivity contribution in [3.8, 4) is 17.0 Å². The highest BCUT2D eigenvalue weighted by molar-refractivity contribution is 7.16. The Bertz CT molecular complexity index is 608. The van der Waals surface area contributed by atoms with Gasteiger partial charge in [-0.25, -0.2) is 9.78 Å². The Hall–Kier alpha value is -2.08. The summed E-state index contributed by atoms with van der Waals surface area (Å²) in [6, 6.07) is 7.74. The van der Waals surface area contributed by atoms with Crippen molar-refractivity contribution in [2.24, 2.45) is 0 Å². The molecule has 1 N–H and O–H groups in total. The van der Waals surface area contributed by atoms with Gasteiger partial charge in [0.25, 0.3) is 0 Å². The van der Waals surface area contributed by atoms with Gasteiger partial charge in [0.05, 0.1) is 18.9 Å². The number of nitrogens with zero attached hydrogens (tertiary/aromatic N) is 1. The zero-order valence-electron chi connectivity index (χ0n) is 12.3. The van der Waals surface area contributed by atoms with Crippen LogP contribution in [0.25, 0.3) is 11.3 Å². The maximum absolute atomic E-state index is 11.4. The average molecular weight is 306 g/mol. The van der Waals surface area contributed by atoms with Gasteiger partial charge in [0, 0.05) is 10.4 Å². The van der Waals surface area contributed by atoms with Crippen molar-refractivity contribution in [2.75, 3.05) is 18.5 Å². The molecule has 0 saturated heterocycles. The molecule has 1 aromatic carbocycles. The molecule has 0 aliphatic carbocycles. The third kappa shape index (κ3) is 3.95. The molecule has 0 spiro atoms. The third-order valence-electron chi connectivity index (χ3n) is 2.72. The molecule has 0 unspecified atom stereocenters. The van der Waals surface area contributed by atoms with Gasteiger partial charge in [0.15, 0.2) is 5.13 Å². The minimum Gasteiger partial charge on any atom is -0.494 e. The second-order valence-electron chi connectivity index (χ2n) is 4.23. The summed E-state index contributed by atoms with van der Waals surface area (Å²) in [6.45, 7) is 6.66. The average Bonchev–Trinajstić information content (AvgIpc) is 2.81. The molecule has 0 aliphatic rings. The topological polar surface area (TPSA) is 60.5 Å². The molecule has 0 bridgehead atoms. The van der Waals surface area contributed by atoms with Crippen LogP contribution in [0.5, 0.6) is 5.75 Å². The van der Waals surface area contributed by atoms with Crippen LogP contribution in [0.1, 0.15) is 18.7 Å². The predicted octanol–water partition coefficient (Wildman–Crippen LogP) is 4.09. The van der Waals surface area contributed by atoms with Crippen LogP contribution in [0, 0.1) is 6.92 Å². The summed E-state index contributed by atoms with van der Waals surface area (Å²) < 4.78 is 10.3. The summed E-state index contributed by atoms with van der Waals surface area (Å²) in [5.41, 5.74) is 1.85. The molecule has 5 nitrogen and oxygen atoms in total. The molecule has 112 valence electrons.